The first kappa shape index (κ1) is 16.7. The van der Waals surface area contributed by atoms with E-state index in [1.165, 1.54) is 12.0 Å². The predicted octanol–water partition coefficient (Wildman–Crippen LogP) is 2.09. The van der Waals surface area contributed by atoms with Crippen LogP contribution in [0.2, 0.25) is 0 Å². The maximum Gasteiger partial charge on any atom is 0.238 e. The number of hydrogen-bond donors (Lipinski definition) is 2. The van der Waals surface area contributed by atoms with Gasteiger partial charge in [-0.3, -0.25) is 15.1 Å². The van der Waals surface area contributed by atoms with Gasteiger partial charge in [0, 0.05) is 12.6 Å². The smallest absolute Gasteiger partial charge is 0.238 e. The largest absolute Gasteiger partial charge is 0.299 e. The zero-order chi connectivity index (χ0) is 15.1. The third-order valence-corrected chi connectivity index (χ3v) is 3.55. The van der Waals surface area contributed by atoms with Crippen molar-refractivity contribution in [3.63, 3.8) is 0 Å². The maximum atomic E-state index is 11.2. The molecule has 1 rings (SSSR count). The number of nitrogens with zero attached hydrogens (tertiary/aromatic N) is 1. The highest BCUT2D eigenvalue weighted by atomic mass is 16.2. The minimum atomic E-state index is -0.166. The molecule has 0 bridgehead atoms. The Kier molecular flexibility index (Phi) is 6.68. The molecular weight excluding hydrogens is 250 g/mol. The van der Waals surface area contributed by atoms with Crippen molar-refractivity contribution in [3.05, 3.63) is 35.4 Å². The van der Waals surface area contributed by atoms with Gasteiger partial charge in [-0.1, -0.05) is 38.1 Å². The fourth-order valence-corrected chi connectivity index (χ4v) is 2.30. The second-order valence-corrected chi connectivity index (χ2v) is 5.95. The molecule has 3 N–H and O–H groups in total. The molecule has 0 heterocycles. The second-order valence-electron chi connectivity index (χ2n) is 5.95. The molecule has 1 atom stereocenters. The van der Waals surface area contributed by atoms with Crippen molar-refractivity contribution in [1.82, 2.24) is 10.3 Å². The highest BCUT2D eigenvalue weighted by Gasteiger charge is 2.11. The first-order valence-electron chi connectivity index (χ1n) is 7.20. The number of nitrogens with one attached hydrogen (secondary N) is 1. The minimum absolute atomic E-state index is 0.166. The van der Waals surface area contributed by atoms with Crippen LogP contribution in [-0.2, 0) is 17.8 Å². The Morgan fingerprint density at radius 2 is 1.75 bits per heavy atom. The molecule has 4 heteroatoms. The van der Waals surface area contributed by atoms with Gasteiger partial charge in [0.2, 0.25) is 5.91 Å². The Bertz CT molecular complexity index is 414. The quantitative estimate of drug-likeness (QED) is 0.456. The van der Waals surface area contributed by atoms with Crippen LogP contribution in [0.4, 0.5) is 0 Å². The summed E-state index contributed by atoms with van der Waals surface area (Å²) in [6.07, 6.45) is 1.53. The van der Waals surface area contributed by atoms with Crippen LogP contribution in [0.25, 0.3) is 0 Å². The summed E-state index contributed by atoms with van der Waals surface area (Å²) in [6.45, 7) is 7.69. The molecule has 4 nitrogen and oxygen atoms in total. The lowest BCUT2D eigenvalue weighted by atomic mass is 10.0. The van der Waals surface area contributed by atoms with Gasteiger partial charge in [0.25, 0.3) is 0 Å². The highest BCUT2D eigenvalue weighted by Crippen LogP contribution is 2.13. The van der Waals surface area contributed by atoms with Crippen LogP contribution in [-0.4, -0.2) is 23.9 Å². The van der Waals surface area contributed by atoms with Crippen molar-refractivity contribution in [2.45, 2.75) is 46.2 Å². The molecule has 0 spiro atoms. The fraction of sp³-hybridized carbons (Fsp3) is 0.562. The molecule has 1 aromatic carbocycles. The summed E-state index contributed by atoms with van der Waals surface area (Å²) in [6, 6.07) is 8.71. The molecule has 112 valence electrons. The predicted molar refractivity (Wildman–Crippen MR) is 82.9 cm³/mol. The van der Waals surface area contributed by atoms with Gasteiger partial charge < -0.3 is 0 Å². The molecule has 0 aliphatic rings. The Morgan fingerprint density at radius 3 is 2.25 bits per heavy atom. The maximum absolute atomic E-state index is 11.2. The second kappa shape index (κ2) is 8.02. The lowest BCUT2D eigenvalue weighted by Gasteiger charge is -2.26. The lowest BCUT2D eigenvalue weighted by Crippen LogP contribution is -2.31. The fourth-order valence-electron chi connectivity index (χ4n) is 2.30. The highest BCUT2D eigenvalue weighted by molar-refractivity contribution is 5.77. The van der Waals surface area contributed by atoms with E-state index in [4.69, 9.17) is 5.84 Å². The van der Waals surface area contributed by atoms with Gasteiger partial charge in [-0.05, 0) is 37.4 Å². The first-order valence-corrected chi connectivity index (χ1v) is 7.20. The average Bonchev–Trinajstić information content (AvgIpc) is 2.40. The Balaban J connectivity index is 2.54. The van der Waals surface area contributed by atoms with Gasteiger partial charge in [0.05, 0.1) is 6.42 Å². The Labute approximate surface area is 122 Å². The van der Waals surface area contributed by atoms with Gasteiger partial charge in [-0.25, -0.2) is 5.84 Å². The van der Waals surface area contributed by atoms with E-state index in [0.29, 0.717) is 18.4 Å². The number of carbonyl (C=O) groups excluding carboxylic acids is 1. The van der Waals surface area contributed by atoms with Crippen molar-refractivity contribution in [1.29, 1.82) is 0 Å². The van der Waals surface area contributed by atoms with E-state index in [9.17, 15) is 4.79 Å². The molecule has 1 amide bonds. The molecule has 0 saturated heterocycles. The molecule has 0 aromatic heterocycles. The molecule has 0 aliphatic carbocycles. The van der Waals surface area contributed by atoms with Gasteiger partial charge in [0.15, 0.2) is 0 Å². The Hall–Kier alpha value is -1.39. The molecule has 1 unspecified atom stereocenters. The van der Waals surface area contributed by atoms with E-state index in [0.717, 1.165) is 12.1 Å². The van der Waals surface area contributed by atoms with Crippen LogP contribution in [0.1, 0.15) is 38.3 Å². The summed E-state index contributed by atoms with van der Waals surface area (Å²) in [5, 5.41) is 0. The van der Waals surface area contributed by atoms with E-state index in [1.807, 2.05) is 12.1 Å². The van der Waals surface area contributed by atoms with Crippen LogP contribution >= 0.6 is 0 Å². The van der Waals surface area contributed by atoms with Crippen LogP contribution in [0.15, 0.2) is 24.3 Å². The van der Waals surface area contributed by atoms with Gasteiger partial charge >= 0.3 is 0 Å². The SMILES string of the molecule is CC(C)CC(C)N(C)Cc1ccc(CC(=O)NN)cc1. The van der Waals surface area contributed by atoms with Crippen LogP contribution in [0.3, 0.4) is 0 Å². The first-order chi connectivity index (χ1) is 9.42. The number of amides is 1. The summed E-state index contributed by atoms with van der Waals surface area (Å²) in [4.78, 5) is 13.6. The monoisotopic (exact) mass is 277 g/mol. The van der Waals surface area contributed by atoms with E-state index in [-0.39, 0.29) is 5.91 Å². The van der Waals surface area contributed by atoms with E-state index < -0.39 is 0 Å². The molecule has 1 aromatic rings. The third kappa shape index (κ3) is 5.72. The lowest BCUT2D eigenvalue weighted by molar-refractivity contribution is -0.120. The third-order valence-electron chi connectivity index (χ3n) is 3.55. The average molecular weight is 277 g/mol. The number of rotatable bonds is 7. The summed E-state index contributed by atoms with van der Waals surface area (Å²) < 4.78 is 0. The summed E-state index contributed by atoms with van der Waals surface area (Å²) in [5.41, 5.74) is 4.39. The summed E-state index contributed by atoms with van der Waals surface area (Å²) in [7, 11) is 2.16. The topological polar surface area (TPSA) is 58.4 Å². The van der Waals surface area contributed by atoms with E-state index >= 15 is 0 Å². The standard InChI is InChI=1S/C16H27N3O/c1-12(2)9-13(3)19(4)11-15-7-5-14(6-8-15)10-16(20)18-17/h5-8,12-13H,9-11,17H2,1-4H3,(H,18,20). The van der Waals surface area contributed by atoms with Crippen molar-refractivity contribution >= 4 is 5.91 Å². The van der Waals surface area contributed by atoms with Crippen LogP contribution < -0.4 is 11.3 Å². The molecule has 0 radical (unpaired) electrons. The van der Waals surface area contributed by atoms with Crippen molar-refractivity contribution < 1.29 is 4.79 Å². The minimum Gasteiger partial charge on any atom is -0.299 e. The molecular formula is C16H27N3O. The summed E-state index contributed by atoms with van der Waals surface area (Å²) >= 11 is 0. The summed E-state index contributed by atoms with van der Waals surface area (Å²) in [5.74, 6) is 5.63. The van der Waals surface area contributed by atoms with E-state index in [1.54, 1.807) is 0 Å². The Morgan fingerprint density at radius 1 is 1.20 bits per heavy atom. The number of nitrogens with two attached hydrogens (primary N) is 1. The molecule has 0 saturated carbocycles. The van der Waals surface area contributed by atoms with E-state index in [2.05, 4.69) is 50.3 Å². The van der Waals surface area contributed by atoms with Crippen LogP contribution in [0, 0.1) is 5.92 Å². The van der Waals surface area contributed by atoms with Crippen LogP contribution in [0.5, 0.6) is 0 Å². The van der Waals surface area contributed by atoms with Crippen molar-refractivity contribution in [2.24, 2.45) is 11.8 Å². The molecule has 0 fully saturated rings. The molecule has 20 heavy (non-hydrogen) atoms. The number of benzene rings is 1. The normalized spacial score (nSPS) is 12.8. The number of hydrogen-bond acceptors (Lipinski definition) is 3. The van der Waals surface area contributed by atoms with Gasteiger partial charge in [0.1, 0.15) is 0 Å². The van der Waals surface area contributed by atoms with Crippen molar-refractivity contribution in [2.75, 3.05) is 7.05 Å². The molecule has 0 aliphatic heterocycles. The zero-order valence-electron chi connectivity index (χ0n) is 13.0. The number of carbonyl (C=O) groups is 1. The number of hydrazine groups is 1. The van der Waals surface area contributed by atoms with Gasteiger partial charge in [-0.15, -0.1) is 0 Å². The van der Waals surface area contributed by atoms with Crippen molar-refractivity contribution in [3.8, 4) is 0 Å². The zero-order valence-corrected chi connectivity index (χ0v) is 13.0. The van der Waals surface area contributed by atoms with Gasteiger partial charge in [-0.2, -0.15) is 0 Å².